The van der Waals surface area contributed by atoms with Gasteiger partial charge in [0.1, 0.15) is 0 Å². The minimum atomic E-state index is 0.000962. The predicted octanol–water partition coefficient (Wildman–Crippen LogP) is 5.92. The van der Waals surface area contributed by atoms with Gasteiger partial charge in [-0.25, -0.2) is 0 Å². The molecule has 1 N–H and O–H groups in total. The van der Waals surface area contributed by atoms with Crippen molar-refractivity contribution in [1.82, 2.24) is 0 Å². The highest BCUT2D eigenvalue weighted by atomic mass is 32.2. The van der Waals surface area contributed by atoms with Gasteiger partial charge in [-0.3, -0.25) is 0 Å². The van der Waals surface area contributed by atoms with E-state index in [1.54, 1.807) is 11.3 Å². The van der Waals surface area contributed by atoms with Crippen LogP contribution in [0, 0.1) is 0 Å². The van der Waals surface area contributed by atoms with Crippen LogP contribution in [-0.2, 0) is 0 Å². The maximum absolute atomic E-state index is 3.81. The van der Waals surface area contributed by atoms with Crippen LogP contribution in [-0.4, -0.2) is 17.0 Å². The van der Waals surface area contributed by atoms with Gasteiger partial charge in [-0.05, 0) is 59.5 Å². The molecule has 0 saturated heterocycles. The molecule has 3 heteroatoms. The predicted molar refractivity (Wildman–Crippen MR) is 103 cm³/mol. The third-order valence-electron chi connectivity index (χ3n) is 3.71. The second-order valence-electron chi connectivity index (χ2n) is 6.09. The monoisotopic (exact) mass is 327 g/mol. The number of anilines is 1. The van der Waals surface area contributed by atoms with Gasteiger partial charge in [-0.1, -0.05) is 18.2 Å². The highest BCUT2D eigenvalue weighted by molar-refractivity contribution is 7.99. The Morgan fingerprint density at radius 3 is 2.86 bits per heavy atom. The number of hydrogen-bond donors (Lipinski definition) is 1. The van der Waals surface area contributed by atoms with E-state index in [2.05, 4.69) is 66.8 Å². The molecule has 0 fully saturated rings. The molecule has 0 saturated carbocycles. The lowest BCUT2D eigenvalue weighted by molar-refractivity contribution is 0.707. The lowest BCUT2D eigenvalue weighted by Crippen LogP contribution is -2.32. The summed E-state index contributed by atoms with van der Waals surface area (Å²) in [6.07, 6.45) is 4.34. The molecule has 1 aliphatic rings. The summed E-state index contributed by atoms with van der Waals surface area (Å²) in [5, 5.41) is 7.96. The Morgan fingerprint density at radius 2 is 2.14 bits per heavy atom. The molecule has 0 bridgehead atoms. The minimum Gasteiger partial charge on any atom is -0.376 e. The third-order valence-corrected chi connectivity index (χ3v) is 5.37. The first-order valence-electron chi connectivity index (χ1n) is 7.44. The van der Waals surface area contributed by atoms with Gasteiger partial charge >= 0.3 is 0 Å². The Morgan fingerprint density at radius 1 is 1.27 bits per heavy atom. The quantitative estimate of drug-likeness (QED) is 0.540. The Kier molecular flexibility index (Phi) is 4.46. The van der Waals surface area contributed by atoms with Crippen LogP contribution in [0.15, 0.2) is 53.8 Å². The molecule has 0 unspecified atom stereocenters. The fourth-order valence-corrected chi connectivity index (χ4v) is 4.20. The van der Waals surface area contributed by atoms with Gasteiger partial charge in [0.2, 0.25) is 0 Å². The van der Waals surface area contributed by atoms with E-state index in [1.165, 1.54) is 28.0 Å². The van der Waals surface area contributed by atoms with E-state index >= 15 is 0 Å². The summed E-state index contributed by atoms with van der Waals surface area (Å²) in [7, 11) is 0. The van der Waals surface area contributed by atoms with E-state index in [-0.39, 0.29) is 5.54 Å². The third kappa shape index (κ3) is 3.31. The lowest BCUT2D eigenvalue weighted by Gasteiger charge is -2.32. The molecule has 114 valence electrons. The average Bonchev–Trinajstić information content (AvgIpc) is 3.00. The van der Waals surface area contributed by atoms with E-state index in [9.17, 15) is 0 Å². The van der Waals surface area contributed by atoms with Crippen molar-refractivity contribution < 1.29 is 0 Å². The topological polar surface area (TPSA) is 12.0 Å². The van der Waals surface area contributed by atoms with Crippen molar-refractivity contribution >= 4 is 34.4 Å². The standard InChI is InChI=1S/C19H21NS2/c1-4-8-21-13-16-11-19(2,3)20-18-6-5-14(10-17(16)18)15-7-9-22-12-15/h4-7,9-12,20H,1,8,13H2,2-3H3. The SMILES string of the molecule is C=CCSCC1=CC(C)(C)Nc2ccc(-c3ccsc3)cc21. The average molecular weight is 328 g/mol. The molecule has 0 spiro atoms. The number of nitrogens with one attached hydrogen (secondary N) is 1. The van der Waals surface area contributed by atoms with Crippen LogP contribution in [0.4, 0.5) is 5.69 Å². The van der Waals surface area contributed by atoms with Gasteiger partial charge in [-0.15, -0.1) is 6.58 Å². The summed E-state index contributed by atoms with van der Waals surface area (Å²) >= 11 is 3.66. The molecule has 1 nitrogen and oxygen atoms in total. The fourth-order valence-electron chi connectivity index (χ4n) is 2.80. The summed E-state index contributed by atoms with van der Waals surface area (Å²) in [6, 6.07) is 8.93. The van der Waals surface area contributed by atoms with Gasteiger partial charge in [-0.2, -0.15) is 23.1 Å². The summed E-state index contributed by atoms with van der Waals surface area (Å²) in [6.45, 7) is 8.26. The van der Waals surface area contributed by atoms with Crippen molar-refractivity contribution in [2.75, 3.05) is 16.8 Å². The first kappa shape index (κ1) is 15.4. The van der Waals surface area contributed by atoms with Crippen LogP contribution in [0.3, 0.4) is 0 Å². The molecule has 1 aromatic heterocycles. The molecule has 1 aliphatic heterocycles. The van der Waals surface area contributed by atoms with Crippen molar-refractivity contribution in [2.45, 2.75) is 19.4 Å². The zero-order valence-electron chi connectivity index (χ0n) is 13.1. The maximum Gasteiger partial charge on any atom is 0.0506 e. The zero-order chi connectivity index (χ0) is 15.6. The van der Waals surface area contributed by atoms with Crippen LogP contribution in [0.1, 0.15) is 19.4 Å². The molecule has 0 radical (unpaired) electrons. The Labute approximate surface area is 141 Å². The van der Waals surface area contributed by atoms with E-state index in [0.29, 0.717) is 0 Å². The maximum atomic E-state index is 3.81. The summed E-state index contributed by atoms with van der Waals surface area (Å²) < 4.78 is 0. The molecule has 0 amide bonds. The van der Waals surface area contributed by atoms with Gasteiger partial charge in [0.15, 0.2) is 0 Å². The van der Waals surface area contributed by atoms with Crippen LogP contribution in [0.5, 0.6) is 0 Å². The Bertz CT molecular complexity index is 696. The number of thiophene rings is 1. The second-order valence-corrected chi connectivity index (χ2v) is 7.90. The highest BCUT2D eigenvalue weighted by Gasteiger charge is 2.24. The van der Waals surface area contributed by atoms with Crippen molar-refractivity contribution in [1.29, 1.82) is 0 Å². The fraction of sp³-hybridized carbons (Fsp3) is 0.263. The zero-order valence-corrected chi connectivity index (χ0v) is 14.7. The van der Waals surface area contributed by atoms with Gasteiger partial charge in [0, 0.05) is 22.8 Å². The van der Waals surface area contributed by atoms with Crippen molar-refractivity contribution in [3.8, 4) is 11.1 Å². The largest absolute Gasteiger partial charge is 0.376 e. The number of benzene rings is 1. The first-order chi connectivity index (χ1) is 10.6. The van der Waals surface area contributed by atoms with Gasteiger partial charge in [0.25, 0.3) is 0 Å². The van der Waals surface area contributed by atoms with Gasteiger partial charge < -0.3 is 5.32 Å². The first-order valence-corrected chi connectivity index (χ1v) is 9.54. The van der Waals surface area contributed by atoms with Crippen LogP contribution in [0.2, 0.25) is 0 Å². The number of rotatable bonds is 5. The summed E-state index contributed by atoms with van der Waals surface area (Å²) in [4.78, 5) is 0. The van der Waals surface area contributed by atoms with Crippen molar-refractivity contribution in [3.05, 3.63) is 59.3 Å². The second kappa shape index (κ2) is 6.35. The van der Waals surface area contributed by atoms with Crippen LogP contribution < -0.4 is 5.32 Å². The highest BCUT2D eigenvalue weighted by Crippen LogP contribution is 2.38. The van der Waals surface area contributed by atoms with Crippen molar-refractivity contribution in [3.63, 3.8) is 0 Å². The molecule has 3 rings (SSSR count). The van der Waals surface area contributed by atoms with Crippen LogP contribution >= 0.6 is 23.1 Å². The number of thioether (sulfide) groups is 1. The molecule has 22 heavy (non-hydrogen) atoms. The van der Waals surface area contributed by atoms with E-state index in [1.807, 2.05) is 17.8 Å². The number of fused-ring (bicyclic) bond motifs is 1. The van der Waals surface area contributed by atoms with E-state index < -0.39 is 0 Å². The van der Waals surface area contributed by atoms with Crippen molar-refractivity contribution in [2.24, 2.45) is 0 Å². The molecule has 2 heterocycles. The normalized spacial score (nSPS) is 15.6. The molecule has 1 aromatic carbocycles. The minimum absolute atomic E-state index is 0.000962. The molecule has 0 atom stereocenters. The smallest absolute Gasteiger partial charge is 0.0506 e. The molecular formula is C19H21NS2. The van der Waals surface area contributed by atoms with E-state index in [4.69, 9.17) is 0 Å². The lowest BCUT2D eigenvalue weighted by atomic mass is 9.89. The molecule has 0 aliphatic carbocycles. The summed E-state index contributed by atoms with van der Waals surface area (Å²) in [5.74, 6) is 2.02. The van der Waals surface area contributed by atoms with E-state index in [0.717, 1.165) is 11.5 Å². The van der Waals surface area contributed by atoms with Crippen LogP contribution in [0.25, 0.3) is 16.7 Å². The Hall–Kier alpha value is -1.45. The van der Waals surface area contributed by atoms with Gasteiger partial charge in [0.05, 0.1) is 5.54 Å². The molecular weight excluding hydrogens is 306 g/mol. The summed E-state index contributed by atoms with van der Waals surface area (Å²) in [5.41, 5.74) is 6.58. The molecule has 2 aromatic rings. The Balaban J connectivity index is 1.98. The number of hydrogen-bond acceptors (Lipinski definition) is 3.